The minimum Gasteiger partial charge on any atom is -0.308 e. The number of nitrogens with one attached hydrogen (secondary N) is 2. The lowest BCUT2D eigenvalue weighted by Crippen LogP contribution is -2.19. The van der Waals surface area contributed by atoms with Crippen molar-refractivity contribution in [2.24, 2.45) is 0 Å². The van der Waals surface area contributed by atoms with E-state index in [4.69, 9.17) is 0 Å². The third kappa shape index (κ3) is 3.14. The van der Waals surface area contributed by atoms with Gasteiger partial charge in [0.15, 0.2) is 0 Å². The highest BCUT2D eigenvalue weighted by Gasteiger charge is 2.21. The average molecular weight is 288 g/mol. The first-order valence-electron chi connectivity index (χ1n) is 6.78. The summed E-state index contributed by atoms with van der Waals surface area (Å²) in [6.45, 7) is 0. The molecule has 5 nitrogen and oxygen atoms in total. The molecule has 3 rings (SSSR count). The Morgan fingerprint density at radius 1 is 1.10 bits per heavy atom. The maximum atomic E-state index is 11.8. The van der Waals surface area contributed by atoms with E-state index in [9.17, 15) is 4.79 Å². The maximum absolute atomic E-state index is 11.8. The van der Waals surface area contributed by atoms with Gasteiger partial charge in [0.05, 0.1) is 0 Å². The molecular weight excluding hydrogens is 272 g/mol. The molecule has 0 bridgehead atoms. The topological polar surface area (TPSA) is 66.9 Å². The zero-order chi connectivity index (χ0) is 13.8. The average Bonchev–Trinajstić information content (AvgIpc) is 3.10. The number of amides is 2. The molecule has 0 spiro atoms. The third-order valence-electron chi connectivity index (χ3n) is 3.40. The molecular formula is C14H16N4OS. The van der Waals surface area contributed by atoms with E-state index in [1.165, 1.54) is 37.0 Å². The van der Waals surface area contributed by atoms with Crippen LogP contribution in [0.1, 0.15) is 36.6 Å². The number of hydrogen-bond acceptors (Lipinski definition) is 4. The largest absolute Gasteiger partial charge is 0.325 e. The van der Waals surface area contributed by atoms with Gasteiger partial charge >= 0.3 is 6.03 Å². The minimum absolute atomic E-state index is 0.287. The molecule has 1 aromatic heterocycles. The Bertz CT molecular complexity index is 578. The molecule has 1 aliphatic rings. The van der Waals surface area contributed by atoms with E-state index in [1.54, 1.807) is 0 Å². The number of aromatic nitrogens is 2. The van der Waals surface area contributed by atoms with Gasteiger partial charge < -0.3 is 5.32 Å². The van der Waals surface area contributed by atoms with Crippen molar-refractivity contribution >= 4 is 28.2 Å². The number of hydrogen-bond donors (Lipinski definition) is 2. The predicted molar refractivity (Wildman–Crippen MR) is 80.2 cm³/mol. The summed E-state index contributed by atoms with van der Waals surface area (Å²) in [6.07, 6.45) is 4.90. The van der Waals surface area contributed by atoms with Crippen LogP contribution >= 0.6 is 11.3 Å². The second-order valence-electron chi connectivity index (χ2n) is 4.87. The molecule has 104 valence electrons. The SMILES string of the molecule is O=C(Nc1ccccc1)Nc1nnc(C2CCCC2)s1. The van der Waals surface area contributed by atoms with Gasteiger partial charge in [-0.3, -0.25) is 5.32 Å². The molecule has 1 aliphatic carbocycles. The molecule has 0 radical (unpaired) electrons. The number of carbonyl (C=O) groups excluding carboxylic acids is 1. The van der Waals surface area contributed by atoms with Gasteiger partial charge in [0.2, 0.25) is 5.13 Å². The molecule has 0 atom stereocenters. The van der Waals surface area contributed by atoms with Gasteiger partial charge in [0.1, 0.15) is 5.01 Å². The molecule has 2 aromatic rings. The summed E-state index contributed by atoms with van der Waals surface area (Å²) in [4.78, 5) is 11.8. The van der Waals surface area contributed by atoms with Crippen molar-refractivity contribution in [1.82, 2.24) is 10.2 Å². The molecule has 6 heteroatoms. The second-order valence-corrected chi connectivity index (χ2v) is 5.88. The van der Waals surface area contributed by atoms with Gasteiger partial charge in [-0.15, -0.1) is 10.2 Å². The normalized spacial score (nSPS) is 15.2. The van der Waals surface area contributed by atoms with Crippen molar-refractivity contribution in [2.45, 2.75) is 31.6 Å². The molecule has 2 N–H and O–H groups in total. The van der Waals surface area contributed by atoms with Crippen LogP contribution in [0, 0.1) is 0 Å². The Labute approximate surface area is 121 Å². The minimum atomic E-state index is -0.287. The number of anilines is 2. The zero-order valence-electron chi connectivity index (χ0n) is 11.0. The van der Waals surface area contributed by atoms with Crippen LogP contribution in [0.5, 0.6) is 0 Å². The smallest absolute Gasteiger partial charge is 0.308 e. The molecule has 1 fully saturated rings. The quantitative estimate of drug-likeness (QED) is 0.901. The number of nitrogens with zero attached hydrogens (tertiary/aromatic N) is 2. The van der Waals surface area contributed by atoms with Crippen LogP contribution in [0.15, 0.2) is 30.3 Å². The third-order valence-corrected chi connectivity index (χ3v) is 4.40. The lowest BCUT2D eigenvalue weighted by Gasteiger charge is -2.04. The maximum Gasteiger partial charge on any atom is 0.325 e. The molecule has 1 heterocycles. The van der Waals surface area contributed by atoms with Crippen LogP contribution in [-0.2, 0) is 0 Å². The fourth-order valence-corrected chi connectivity index (χ4v) is 3.31. The van der Waals surface area contributed by atoms with E-state index in [-0.39, 0.29) is 6.03 Å². The summed E-state index contributed by atoms with van der Waals surface area (Å²) in [5.41, 5.74) is 0.755. The Morgan fingerprint density at radius 2 is 1.85 bits per heavy atom. The van der Waals surface area contributed by atoms with Crippen molar-refractivity contribution in [1.29, 1.82) is 0 Å². The standard InChI is InChI=1S/C14H16N4OS/c19-13(15-11-8-2-1-3-9-11)16-14-18-17-12(20-14)10-6-4-5-7-10/h1-3,8-10H,4-7H2,(H2,15,16,18,19). The van der Waals surface area contributed by atoms with Crippen LogP contribution < -0.4 is 10.6 Å². The highest BCUT2D eigenvalue weighted by molar-refractivity contribution is 7.15. The number of para-hydroxylation sites is 1. The number of benzene rings is 1. The lowest BCUT2D eigenvalue weighted by molar-refractivity contribution is 0.262. The Morgan fingerprint density at radius 3 is 2.60 bits per heavy atom. The van der Waals surface area contributed by atoms with Crippen LogP contribution in [0.3, 0.4) is 0 Å². The van der Waals surface area contributed by atoms with Gasteiger partial charge in [-0.25, -0.2) is 4.79 Å². The number of carbonyl (C=O) groups is 1. The summed E-state index contributed by atoms with van der Waals surface area (Å²) in [5, 5.41) is 15.3. The van der Waals surface area contributed by atoms with Crippen molar-refractivity contribution in [3.8, 4) is 0 Å². The van der Waals surface area contributed by atoms with E-state index in [2.05, 4.69) is 20.8 Å². The molecule has 20 heavy (non-hydrogen) atoms. The Balaban J connectivity index is 1.59. The first-order valence-corrected chi connectivity index (χ1v) is 7.59. The van der Waals surface area contributed by atoms with Crippen LogP contribution in [0.2, 0.25) is 0 Å². The van der Waals surface area contributed by atoms with Gasteiger partial charge in [0, 0.05) is 11.6 Å². The fourth-order valence-electron chi connectivity index (χ4n) is 2.40. The van der Waals surface area contributed by atoms with E-state index >= 15 is 0 Å². The molecule has 1 saturated carbocycles. The van der Waals surface area contributed by atoms with Crippen molar-refractivity contribution in [2.75, 3.05) is 10.6 Å². The van der Waals surface area contributed by atoms with Crippen molar-refractivity contribution < 1.29 is 4.79 Å². The summed E-state index contributed by atoms with van der Waals surface area (Å²) in [5.74, 6) is 0.528. The van der Waals surface area contributed by atoms with E-state index < -0.39 is 0 Å². The van der Waals surface area contributed by atoms with E-state index in [0.717, 1.165) is 10.7 Å². The van der Waals surface area contributed by atoms with Gasteiger partial charge in [-0.1, -0.05) is 42.4 Å². The Hall–Kier alpha value is -1.95. The Kier molecular flexibility index (Phi) is 3.92. The number of rotatable bonds is 3. The zero-order valence-corrected chi connectivity index (χ0v) is 11.8. The first-order chi connectivity index (χ1) is 9.81. The summed E-state index contributed by atoms with van der Waals surface area (Å²) >= 11 is 1.47. The lowest BCUT2D eigenvalue weighted by atomic mass is 10.1. The summed E-state index contributed by atoms with van der Waals surface area (Å²) in [7, 11) is 0. The van der Waals surface area contributed by atoms with Crippen molar-refractivity contribution in [3.63, 3.8) is 0 Å². The van der Waals surface area contributed by atoms with Gasteiger partial charge in [0.25, 0.3) is 0 Å². The fraction of sp³-hybridized carbons (Fsp3) is 0.357. The highest BCUT2D eigenvalue weighted by atomic mass is 32.1. The molecule has 2 amide bonds. The monoisotopic (exact) mass is 288 g/mol. The van der Waals surface area contributed by atoms with Crippen LogP contribution in [0.25, 0.3) is 0 Å². The van der Waals surface area contributed by atoms with Gasteiger partial charge in [-0.05, 0) is 25.0 Å². The van der Waals surface area contributed by atoms with E-state index in [0.29, 0.717) is 11.0 Å². The van der Waals surface area contributed by atoms with Gasteiger partial charge in [-0.2, -0.15) is 0 Å². The predicted octanol–water partition coefficient (Wildman–Crippen LogP) is 3.84. The van der Waals surface area contributed by atoms with Crippen LogP contribution in [0.4, 0.5) is 15.6 Å². The van der Waals surface area contributed by atoms with Crippen LogP contribution in [-0.4, -0.2) is 16.2 Å². The molecule has 1 aromatic carbocycles. The van der Waals surface area contributed by atoms with Crippen molar-refractivity contribution in [3.05, 3.63) is 35.3 Å². The second kappa shape index (κ2) is 6.00. The summed E-state index contributed by atoms with van der Waals surface area (Å²) < 4.78 is 0. The first kappa shape index (κ1) is 13.1. The molecule has 0 saturated heterocycles. The molecule has 0 aliphatic heterocycles. The molecule has 0 unspecified atom stereocenters. The van der Waals surface area contributed by atoms with E-state index in [1.807, 2.05) is 30.3 Å². The highest BCUT2D eigenvalue weighted by Crippen LogP contribution is 2.36. The summed E-state index contributed by atoms with van der Waals surface area (Å²) in [6, 6.07) is 9.04. The number of urea groups is 1.